The van der Waals surface area contributed by atoms with E-state index in [1.165, 1.54) is 12.1 Å². The maximum absolute atomic E-state index is 12.7. The predicted molar refractivity (Wildman–Crippen MR) is 91.7 cm³/mol. The van der Waals surface area contributed by atoms with E-state index in [4.69, 9.17) is 4.74 Å². The van der Waals surface area contributed by atoms with Gasteiger partial charge in [-0.25, -0.2) is 4.79 Å². The van der Waals surface area contributed by atoms with E-state index in [0.29, 0.717) is 19.1 Å². The molecule has 0 radical (unpaired) electrons. The number of nitro groups is 1. The fourth-order valence-electron chi connectivity index (χ4n) is 2.94. The zero-order chi connectivity index (χ0) is 18.6. The molecule has 1 saturated heterocycles. The van der Waals surface area contributed by atoms with Gasteiger partial charge in [-0.15, -0.1) is 0 Å². The molecule has 8 heteroatoms. The molecule has 0 bridgehead atoms. The lowest BCUT2D eigenvalue weighted by Crippen LogP contribution is -2.44. The van der Waals surface area contributed by atoms with Crippen LogP contribution in [0.2, 0.25) is 0 Å². The summed E-state index contributed by atoms with van der Waals surface area (Å²) < 4.78 is 4.89. The standard InChI is InChI=1S/C17H23N3O5/c1-4-25-17(22)13-9-12(10-15(11-13)20(23)24)16(21)19-7-5-14(6-8-19)18(2)3/h9-11,14H,4-8H2,1-3H3. The molecule has 25 heavy (non-hydrogen) atoms. The Hall–Kier alpha value is -2.48. The highest BCUT2D eigenvalue weighted by Gasteiger charge is 2.26. The zero-order valence-electron chi connectivity index (χ0n) is 14.7. The van der Waals surface area contributed by atoms with Gasteiger partial charge in [0.2, 0.25) is 0 Å². The summed E-state index contributed by atoms with van der Waals surface area (Å²) in [7, 11) is 4.02. The third-order valence-electron chi connectivity index (χ3n) is 4.37. The van der Waals surface area contributed by atoms with Crippen LogP contribution in [0.5, 0.6) is 0 Å². The van der Waals surface area contributed by atoms with E-state index in [2.05, 4.69) is 4.90 Å². The highest BCUT2D eigenvalue weighted by molar-refractivity contribution is 5.99. The minimum Gasteiger partial charge on any atom is -0.462 e. The van der Waals surface area contributed by atoms with Crippen LogP contribution in [0.15, 0.2) is 18.2 Å². The van der Waals surface area contributed by atoms with Gasteiger partial charge in [0.25, 0.3) is 11.6 Å². The van der Waals surface area contributed by atoms with E-state index in [-0.39, 0.29) is 29.3 Å². The van der Waals surface area contributed by atoms with Crippen LogP contribution in [-0.4, -0.2) is 66.4 Å². The van der Waals surface area contributed by atoms with Crippen LogP contribution < -0.4 is 0 Å². The second-order valence-corrected chi connectivity index (χ2v) is 6.23. The number of esters is 1. The van der Waals surface area contributed by atoms with Crippen molar-refractivity contribution < 1.29 is 19.2 Å². The van der Waals surface area contributed by atoms with Gasteiger partial charge >= 0.3 is 5.97 Å². The highest BCUT2D eigenvalue weighted by atomic mass is 16.6. The van der Waals surface area contributed by atoms with Crippen molar-refractivity contribution in [3.05, 3.63) is 39.4 Å². The van der Waals surface area contributed by atoms with Crippen molar-refractivity contribution in [1.82, 2.24) is 9.80 Å². The summed E-state index contributed by atoms with van der Waals surface area (Å²) in [6.45, 7) is 2.97. The average Bonchev–Trinajstić information content (AvgIpc) is 2.60. The van der Waals surface area contributed by atoms with Gasteiger partial charge in [0.1, 0.15) is 0 Å². The molecule has 1 amide bonds. The van der Waals surface area contributed by atoms with Crippen molar-refractivity contribution in [3.8, 4) is 0 Å². The van der Waals surface area contributed by atoms with Crippen molar-refractivity contribution in [2.75, 3.05) is 33.8 Å². The van der Waals surface area contributed by atoms with Crippen LogP contribution in [0.4, 0.5) is 5.69 Å². The Morgan fingerprint density at radius 3 is 2.36 bits per heavy atom. The molecule has 0 spiro atoms. The number of carbonyl (C=O) groups is 2. The van der Waals surface area contributed by atoms with Crippen LogP contribution in [0.25, 0.3) is 0 Å². The summed E-state index contributed by atoms with van der Waals surface area (Å²) in [5.41, 5.74) is -0.139. The molecule has 0 aromatic heterocycles. The van der Waals surface area contributed by atoms with Crippen molar-refractivity contribution in [1.29, 1.82) is 0 Å². The van der Waals surface area contributed by atoms with Crippen molar-refractivity contribution >= 4 is 17.6 Å². The molecule has 0 N–H and O–H groups in total. The minimum absolute atomic E-state index is 0.0163. The van der Waals surface area contributed by atoms with E-state index < -0.39 is 10.9 Å². The maximum Gasteiger partial charge on any atom is 0.338 e. The number of ether oxygens (including phenoxy) is 1. The Morgan fingerprint density at radius 2 is 1.84 bits per heavy atom. The smallest absolute Gasteiger partial charge is 0.338 e. The average molecular weight is 349 g/mol. The molecule has 1 aliphatic heterocycles. The third kappa shape index (κ3) is 4.54. The summed E-state index contributed by atoms with van der Waals surface area (Å²) in [4.78, 5) is 39.0. The molecule has 1 aliphatic rings. The number of nitro benzene ring substituents is 1. The molecule has 2 rings (SSSR count). The Balaban J connectivity index is 2.24. The third-order valence-corrected chi connectivity index (χ3v) is 4.37. The van der Waals surface area contributed by atoms with Gasteiger partial charge in [0.05, 0.1) is 17.1 Å². The lowest BCUT2D eigenvalue weighted by atomic mass is 10.0. The first-order chi connectivity index (χ1) is 11.8. The van der Waals surface area contributed by atoms with Crippen LogP contribution >= 0.6 is 0 Å². The number of rotatable bonds is 5. The number of amides is 1. The quantitative estimate of drug-likeness (QED) is 0.458. The summed E-state index contributed by atoms with van der Waals surface area (Å²) in [5.74, 6) is -0.974. The van der Waals surface area contributed by atoms with Gasteiger partial charge < -0.3 is 14.5 Å². The van der Waals surface area contributed by atoms with Gasteiger partial charge in [-0.1, -0.05) is 0 Å². The number of nitrogens with zero attached hydrogens (tertiary/aromatic N) is 3. The molecular weight excluding hydrogens is 326 g/mol. The molecule has 0 atom stereocenters. The van der Waals surface area contributed by atoms with E-state index in [0.717, 1.165) is 18.9 Å². The number of likely N-dealkylation sites (tertiary alicyclic amines) is 1. The second-order valence-electron chi connectivity index (χ2n) is 6.23. The predicted octanol–water partition coefficient (Wildman–Crippen LogP) is 1.94. The molecule has 1 heterocycles. The van der Waals surface area contributed by atoms with Crippen LogP contribution in [-0.2, 0) is 4.74 Å². The van der Waals surface area contributed by atoms with E-state index >= 15 is 0 Å². The minimum atomic E-state index is -0.674. The Morgan fingerprint density at radius 1 is 1.24 bits per heavy atom. The first-order valence-corrected chi connectivity index (χ1v) is 8.25. The molecule has 8 nitrogen and oxygen atoms in total. The molecule has 1 aromatic rings. The van der Waals surface area contributed by atoms with Gasteiger partial charge in [-0.2, -0.15) is 0 Å². The number of hydrogen-bond donors (Lipinski definition) is 0. The van der Waals surface area contributed by atoms with Crippen molar-refractivity contribution in [2.45, 2.75) is 25.8 Å². The topological polar surface area (TPSA) is 93.0 Å². The zero-order valence-corrected chi connectivity index (χ0v) is 14.7. The van der Waals surface area contributed by atoms with Gasteiger partial charge in [-0.05, 0) is 39.9 Å². The normalized spacial score (nSPS) is 15.3. The van der Waals surface area contributed by atoms with E-state index in [9.17, 15) is 19.7 Å². The Bertz CT molecular complexity index is 666. The molecule has 136 valence electrons. The van der Waals surface area contributed by atoms with Gasteiger partial charge in [0.15, 0.2) is 0 Å². The largest absolute Gasteiger partial charge is 0.462 e. The SMILES string of the molecule is CCOC(=O)c1cc(C(=O)N2CCC(N(C)C)CC2)cc([N+](=O)[O-])c1. The Kier molecular flexibility index (Phi) is 6.08. The van der Waals surface area contributed by atoms with Crippen molar-refractivity contribution in [3.63, 3.8) is 0 Å². The van der Waals surface area contributed by atoms with Crippen LogP contribution in [0.3, 0.4) is 0 Å². The summed E-state index contributed by atoms with van der Waals surface area (Å²) >= 11 is 0. The lowest BCUT2D eigenvalue weighted by Gasteiger charge is -2.35. The molecule has 0 aliphatic carbocycles. The van der Waals surface area contributed by atoms with Gasteiger partial charge in [0, 0.05) is 36.8 Å². The van der Waals surface area contributed by atoms with Crippen LogP contribution in [0, 0.1) is 10.1 Å². The van der Waals surface area contributed by atoms with E-state index in [1.807, 2.05) is 14.1 Å². The Labute approximate surface area is 146 Å². The monoisotopic (exact) mass is 349 g/mol. The first-order valence-electron chi connectivity index (χ1n) is 8.25. The number of benzene rings is 1. The number of hydrogen-bond acceptors (Lipinski definition) is 6. The molecule has 0 unspecified atom stereocenters. The van der Waals surface area contributed by atoms with Crippen molar-refractivity contribution in [2.24, 2.45) is 0 Å². The van der Waals surface area contributed by atoms with Gasteiger partial charge in [-0.3, -0.25) is 14.9 Å². The summed E-state index contributed by atoms with van der Waals surface area (Å²) in [6.07, 6.45) is 1.69. The fourth-order valence-corrected chi connectivity index (χ4v) is 2.94. The number of non-ortho nitro benzene ring substituents is 1. The molecule has 1 fully saturated rings. The molecule has 0 saturated carbocycles. The van der Waals surface area contributed by atoms with Crippen LogP contribution in [0.1, 0.15) is 40.5 Å². The molecular formula is C17H23N3O5. The first kappa shape index (κ1) is 18.9. The molecule has 1 aromatic carbocycles. The van der Waals surface area contributed by atoms with E-state index in [1.54, 1.807) is 11.8 Å². The lowest BCUT2D eigenvalue weighted by molar-refractivity contribution is -0.384. The maximum atomic E-state index is 12.7. The number of carbonyl (C=O) groups excluding carboxylic acids is 2. The fraction of sp³-hybridized carbons (Fsp3) is 0.529. The summed E-state index contributed by atoms with van der Waals surface area (Å²) in [6, 6.07) is 4.13. The second kappa shape index (κ2) is 8.06. The number of piperidine rings is 1. The summed E-state index contributed by atoms with van der Waals surface area (Å²) in [5, 5.41) is 11.1. The highest BCUT2D eigenvalue weighted by Crippen LogP contribution is 2.22.